The number of halogens is 3. The lowest BCUT2D eigenvalue weighted by Crippen LogP contribution is -2.12. The van der Waals surface area contributed by atoms with Crippen LogP contribution in [0.2, 0.25) is 10.0 Å². The fraction of sp³-hybridized carbons (Fsp3) is 0.389. The van der Waals surface area contributed by atoms with E-state index >= 15 is 0 Å². The van der Waals surface area contributed by atoms with E-state index in [0.29, 0.717) is 40.2 Å². The molecule has 1 saturated heterocycles. The van der Waals surface area contributed by atoms with Crippen molar-refractivity contribution in [2.75, 3.05) is 11.9 Å². The molecule has 2 aromatic heterocycles. The van der Waals surface area contributed by atoms with Crippen molar-refractivity contribution >= 4 is 40.2 Å². The summed E-state index contributed by atoms with van der Waals surface area (Å²) in [7, 11) is 0. The average molecular weight is 410 g/mol. The second-order valence-corrected chi connectivity index (χ2v) is 7.34. The van der Waals surface area contributed by atoms with E-state index in [4.69, 9.17) is 27.9 Å². The lowest BCUT2D eigenvalue weighted by molar-refractivity contribution is 0.00928. The molecular formula is C18H18Cl2FN5O. The van der Waals surface area contributed by atoms with Crippen LogP contribution < -0.4 is 5.32 Å². The predicted molar refractivity (Wildman–Crippen MR) is 103 cm³/mol. The molecule has 0 saturated carbocycles. The number of benzene rings is 1. The smallest absolute Gasteiger partial charge is 0.312 e. The maximum atomic E-state index is 14.1. The molecule has 0 spiro atoms. The van der Waals surface area contributed by atoms with Gasteiger partial charge in [-0.1, -0.05) is 29.6 Å². The first-order valence-electron chi connectivity index (χ1n) is 8.80. The standard InChI is InChI=1S/C18H18Cl2FN5O/c19-12-6-11(7-13(20)8-12)9-22-16-15-17(25-18(21)24-16)26(10-23-15)14-4-2-1-3-5-27-14/h6-8,10,14H,1-5,9H2,(H,22,24,25). The number of nitrogens with one attached hydrogen (secondary N) is 1. The molecule has 9 heteroatoms. The Labute approximate surface area is 165 Å². The van der Waals surface area contributed by atoms with Gasteiger partial charge < -0.3 is 10.1 Å². The molecule has 0 bridgehead atoms. The highest BCUT2D eigenvalue weighted by Crippen LogP contribution is 2.28. The third-order valence-corrected chi connectivity index (χ3v) is 4.93. The molecule has 142 valence electrons. The summed E-state index contributed by atoms with van der Waals surface area (Å²) in [6.45, 7) is 1.05. The number of ether oxygens (including phenoxy) is 1. The number of nitrogens with zero attached hydrogens (tertiary/aromatic N) is 4. The van der Waals surface area contributed by atoms with Crippen molar-refractivity contribution in [1.82, 2.24) is 19.5 Å². The van der Waals surface area contributed by atoms with Crippen LogP contribution in [-0.2, 0) is 11.3 Å². The van der Waals surface area contributed by atoms with Gasteiger partial charge in [-0.3, -0.25) is 4.57 Å². The first-order valence-corrected chi connectivity index (χ1v) is 9.56. The van der Waals surface area contributed by atoms with Crippen LogP contribution >= 0.6 is 23.2 Å². The van der Waals surface area contributed by atoms with Crippen molar-refractivity contribution in [3.8, 4) is 0 Å². The van der Waals surface area contributed by atoms with Crippen LogP contribution in [0.15, 0.2) is 24.5 Å². The number of anilines is 1. The van der Waals surface area contributed by atoms with Crippen LogP contribution in [-0.4, -0.2) is 26.1 Å². The number of hydrogen-bond acceptors (Lipinski definition) is 5. The van der Waals surface area contributed by atoms with Gasteiger partial charge in [0.15, 0.2) is 17.0 Å². The largest absolute Gasteiger partial charge is 0.364 e. The summed E-state index contributed by atoms with van der Waals surface area (Å²) in [6.07, 6.45) is 4.69. The lowest BCUT2D eigenvalue weighted by atomic mass is 10.2. The molecule has 27 heavy (non-hydrogen) atoms. The molecule has 1 unspecified atom stereocenters. The van der Waals surface area contributed by atoms with E-state index in [9.17, 15) is 4.39 Å². The second-order valence-electron chi connectivity index (χ2n) is 6.47. The minimum absolute atomic E-state index is 0.189. The van der Waals surface area contributed by atoms with Gasteiger partial charge in [0.25, 0.3) is 0 Å². The highest BCUT2D eigenvalue weighted by Gasteiger charge is 2.20. The molecule has 0 amide bonds. The van der Waals surface area contributed by atoms with Crippen LogP contribution in [0.4, 0.5) is 10.2 Å². The van der Waals surface area contributed by atoms with Crippen molar-refractivity contribution in [2.24, 2.45) is 0 Å². The summed E-state index contributed by atoms with van der Waals surface area (Å²) >= 11 is 12.1. The maximum absolute atomic E-state index is 14.1. The Morgan fingerprint density at radius 3 is 2.78 bits per heavy atom. The van der Waals surface area contributed by atoms with Gasteiger partial charge in [-0.2, -0.15) is 14.4 Å². The summed E-state index contributed by atoms with van der Waals surface area (Å²) in [6, 6.07) is 5.23. The first kappa shape index (κ1) is 18.4. The van der Waals surface area contributed by atoms with Gasteiger partial charge in [-0.05, 0) is 43.0 Å². The predicted octanol–water partition coefficient (Wildman–Crippen LogP) is 4.97. The number of rotatable bonds is 4. The zero-order valence-electron chi connectivity index (χ0n) is 14.5. The fourth-order valence-electron chi connectivity index (χ4n) is 3.24. The molecule has 0 aliphatic carbocycles. The molecule has 4 rings (SSSR count). The Hall–Kier alpha value is -1.96. The van der Waals surface area contributed by atoms with Crippen molar-refractivity contribution in [3.05, 3.63) is 46.2 Å². The second kappa shape index (κ2) is 7.96. The Kier molecular flexibility index (Phi) is 5.43. The highest BCUT2D eigenvalue weighted by molar-refractivity contribution is 6.34. The van der Waals surface area contributed by atoms with Crippen LogP contribution in [0, 0.1) is 6.08 Å². The monoisotopic (exact) mass is 409 g/mol. The Morgan fingerprint density at radius 2 is 1.96 bits per heavy atom. The third-order valence-electron chi connectivity index (χ3n) is 4.49. The molecule has 1 fully saturated rings. The minimum atomic E-state index is -0.815. The maximum Gasteiger partial charge on any atom is 0.312 e. The zero-order valence-corrected chi connectivity index (χ0v) is 16.0. The van der Waals surface area contributed by atoms with Gasteiger partial charge in [0.05, 0.1) is 6.33 Å². The van der Waals surface area contributed by atoms with Crippen molar-refractivity contribution in [1.29, 1.82) is 0 Å². The summed E-state index contributed by atoms with van der Waals surface area (Å²) in [4.78, 5) is 12.2. The molecule has 0 radical (unpaired) electrons. The molecule has 1 aromatic carbocycles. The topological polar surface area (TPSA) is 64.9 Å². The van der Waals surface area contributed by atoms with Gasteiger partial charge in [0.1, 0.15) is 6.23 Å². The average Bonchev–Trinajstić information content (AvgIpc) is 2.86. The normalized spacial score (nSPS) is 17.8. The van der Waals surface area contributed by atoms with Gasteiger partial charge in [0.2, 0.25) is 0 Å². The van der Waals surface area contributed by atoms with Gasteiger partial charge in [0, 0.05) is 23.2 Å². The van der Waals surface area contributed by atoms with Crippen molar-refractivity contribution < 1.29 is 9.13 Å². The summed E-state index contributed by atoms with van der Waals surface area (Å²) in [5.41, 5.74) is 1.77. The van der Waals surface area contributed by atoms with Crippen LogP contribution in [0.3, 0.4) is 0 Å². The summed E-state index contributed by atoms with van der Waals surface area (Å²) in [5.74, 6) is 0.320. The number of aromatic nitrogens is 4. The van der Waals surface area contributed by atoms with E-state index in [1.807, 2.05) is 0 Å². The van der Waals surface area contributed by atoms with E-state index in [2.05, 4.69) is 20.3 Å². The Balaban J connectivity index is 1.63. The Morgan fingerprint density at radius 1 is 1.15 bits per heavy atom. The fourth-order valence-corrected chi connectivity index (χ4v) is 3.81. The molecule has 1 N–H and O–H groups in total. The lowest BCUT2D eigenvalue weighted by Gasteiger charge is -2.17. The number of fused-ring (bicyclic) bond motifs is 1. The quantitative estimate of drug-likeness (QED) is 0.615. The molecule has 1 aliphatic heterocycles. The van der Waals surface area contributed by atoms with E-state index in [1.165, 1.54) is 0 Å². The van der Waals surface area contributed by atoms with E-state index < -0.39 is 6.08 Å². The molecule has 1 atom stereocenters. The molecule has 3 aromatic rings. The summed E-state index contributed by atoms with van der Waals surface area (Å²) < 4.78 is 21.7. The number of hydrogen-bond donors (Lipinski definition) is 1. The molecular weight excluding hydrogens is 392 g/mol. The molecule has 3 heterocycles. The highest BCUT2D eigenvalue weighted by atomic mass is 35.5. The third kappa shape index (κ3) is 4.15. The van der Waals surface area contributed by atoms with E-state index in [0.717, 1.165) is 31.2 Å². The zero-order chi connectivity index (χ0) is 18.8. The summed E-state index contributed by atoms with van der Waals surface area (Å²) in [5, 5.41) is 4.17. The minimum Gasteiger partial charge on any atom is -0.364 e. The van der Waals surface area contributed by atoms with E-state index in [1.54, 1.807) is 29.1 Å². The number of imidazole rings is 1. The molecule has 6 nitrogen and oxygen atoms in total. The van der Waals surface area contributed by atoms with E-state index in [-0.39, 0.29) is 6.23 Å². The van der Waals surface area contributed by atoms with Gasteiger partial charge in [-0.15, -0.1) is 0 Å². The molecule has 1 aliphatic rings. The first-order chi connectivity index (χ1) is 13.1. The van der Waals surface area contributed by atoms with Crippen LogP contribution in [0.5, 0.6) is 0 Å². The van der Waals surface area contributed by atoms with Crippen molar-refractivity contribution in [3.63, 3.8) is 0 Å². The van der Waals surface area contributed by atoms with Gasteiger partial charge >= 0.3 is 6.08 Å². The Bertz CT molecular complexity index is 936. The van der Waals surface area contributed by atoms with Crippen LogP contribution in [0.25, 0.3) is 11.2 Å². The SMILES string of the molecule is Fc1nc(NCc2cc(Cl)cc(Cl)c2)c2ncn(C3CCCCCO3)c2n1. The van der Waals surface area contributed by atoms with Crippen molar-refractivity contribution in [2.45, 2.75) is 38.5 Å². The van der Waals surface area contributed by atoms with Crippen LogP contribution in [0.1, 0.15) is 37.5 Å². The van der Waals surface area contributed by atoms with Gasteiger partial charge in [-0.25, -0.2) is 4.98 Å².